The molecule has 1 aromatic carbocycles. The van der Waals surface area contributed by atoms with Crippen LogP contribution in [-0.2, 0) is 11.0 Å². The zero-order valence-corrected chi connectivity index (χ0v) is 9.98. The van der Waals surface area contributed by atoms with Gasteiger partial charge in [0.25, 0.3) is 0 Å². The third kappa shape index (κ3) is 2.83. The van der Waals surface area contributed by atoms with Crippen molar-refractivity contribution in [3.8, 4) is 0 Å². The van der Waals surface area contributed by atoms with Crippen LogP contribution in [0.2, 0.25) is 10.0 Å². The second-order valence-corrected chi connectivity index (χ2v) is 5.14. The van der Waals surface area contributed by atoms with Gasteiger partial charge in [-0.15, -0.1) is 6.58 Å². The maximum absolute atomic E-state index is 11.0. The number of halogens is 2. The first-order chi connectivity index (χ1) is 6.88. The molecule has 0 atom stereocenters. The molecule has 1 rings (SSSR count). The Hall–Kier alpha value is -0.310. The van der Waals surface area contributed by atoms with Gasteiger partial charge in [-0.25, -0.2) is 0 Å². The number of hydrogen-bond donors (Lipinski definition) is 2. The van der Waals surface area contributed by atoms with E-state index >= 15 is 0 Å². The van der Waals surface area contributed by atoms with E-state index in [4.69, 9.17) is 33.0 Å². The highest BCUT2D eigenvalue weighted by molar-refractivity contribution is 7.60. The van der Waals surface area contributed by atoms with Gasteiger partial charge in [-0.2, -0.15) is 0 Å². The summed E-state index contributed by atoms with van der Waals surface area (Å²) in [6.45, 7) is 3.52. The molecule has 0 unspecified atom stereocenters. The standard InChI is InChI=1S/C9H8Cl2O3P/c1-2-3-6-4-5-7(15(12,13)14)9(11)8(6)10/h2,5H,1,3H2,(H2,12,13,14). The summed E-state index contributed by atoms with van der Waals surface area (Å²) in [5, 5.41) is -0.319. The van der Waals surface area contributed by atoms with Gasteiger partial charge in [0.05, 0.1) is 15.3 Å². The maximum atomic E-state index is 11.0. The third-order valence-corrected chi connectivity index (χ3v) is 3.75. The molecular formula is C9H8Cl2O3P. The largest absolute Gasteiger partial charge is 0.357 e. The molecule has 1 radical (unpaired) electrons. The molecule has 0 saturated carbocycles. The Kier molecular flexibility index (Phi) is 3.99. The Bertz CT molecular complexity index is 439. The van der Waals surface area contributed by atoms with Crippen LogP contribution in [0.25, 0.3) is 0 Å². The van der Waals surface area contributed by atoms with Crippen LogP contribution in [0.1, 0.15) is 5.56 Å². The molecule has 15 heavy (non-hydrogen) atoms. The Morgan fingerprint density at radius 3 is 2.53 bits per heavy atom. The SMILES string of the molecule is C=CCc1[c]cc(P(=O)(O)O)c(Cl)c1Cl. The second-order valence-electron chi connectivity index (χ2n) is 2.82. The predicted octanol–water partition coefficient (Wildman–Crippen LogP) is 2.33. The van der Waals surface area contributed by atoms with Crippen LogP contribution >= 0.6 is 30.8 Å². The normalized spacial score (nSPS) is 11.5. The fourth-order valence-corrected chi connectivity index (χ4v) is 2.43. The number of rotatable bonds is 3. The summed E-state index contributed by atoms with van der Waals surface area (Å²) in [6.07, 6.45) is 2.05. The average molecular weight is 266 g/mol. The van der Waals surface area contributed by atoms with E-state index in [9.17, 15) is 4.57 Å². The van der Waals surface area contributed by atoms with Crippen LogP contribution in [0, 0.1) is 6.07 Å². The van der Waals surface area contributed by atoms with Crippen LogP contribution in [0.5, 0.6) is 0 Å². The second kappa shape index (κ2) is 4.69. The zero-order valence-electron chi connectivity index (χ0n) is 7.57. The van der Waals surface area contributed by atoms with Crippen molar-refractivity contribution < 1.29 is 14.4 Å². The minimum Gasteiger partial charge on any atom is -0.321 e. The van der Waals surface area contributed by atoms with Gasteiger partial charge in [0, 0.05) is 0 Å². The summed E-state index contributed by atoms with van der Waals surface area (Å²) in [5.74, 6) is 0. The summed E-state index contributed by atoms with van der Waals surface area (Å²) >= 11 is 11.6. The quantitative estimate of drug-likeness (QED) is 0.652. The molecule has 0 aliphatic rings. The number of hydrogen-bond acceptors (Lipinski definition) is 1. The molecule has 0 bridgehead atoms. The van der Waals surface area contributed by atoms with Crippen LogP contribution < -0.4 is 5.30 Å². The van der Waals surface area contributed by atoms with Gasteiger partial charge >= 0.3 is 7.60 Å². The van der Waals surface area contributed by atoms with Crippen LogP contribution in [0.3, 0.4) is 0 Å². The lowest BCUT2D eigenvalue weighted by molar-refractivity contribution is 0.387. The van der Waals surface area contributed by atoms with E-state index in [2.05, 4.69) is 12.6 Å². The van der Waals surface area contributed by atoms with E-state index in [0.717, 1.165) is 6.07 Å². The highest BCUT2D eigenvalue weighted by atomic mass is 35.5. The van der Waals surface area contributed by atoms with Gasteiger partial charge < -0.3 is 9.79 Å². The molecule has 1 aromatic rings. The van der Waals surface area contributed by atoms with Crippen molar-refractivity contribution in [3.05, 3.63) is 40.4 Å². The van der Waals surface area contributed by atoms with E-state index in [1.54, 1.807) is 6.08 Å². The number of allylic oxidation sites excluding steroid dienone is 1. The van der Waals surface area contributed by atoms with E-state index in [1.165, 1.54) is 0 Å². The first-order valence-electron chi connectivity index (χ1n) is 3.93. The maximum Gasteiger partial charge on any atom is 0.357 e. The van der Waals surface area contributed by atoms with Crippen molar-refractivity contribution in [2.45, 2.75) is 6.42 Å². The first-order valence-corrected chi connectivity index (χ1v) is 6.30. The minimum atomic E-state index is -4.39. The van der Waals surface area contributed by atoms with E-state index < -0.39 is 7.60 Å². The molecule has 0 spiro atoms. The van der Waals surface area contributed by atoms with E-state index in [1.807, 2.05) is 0 Å². The fourth-order valence-electron chi connectivity index (χ4n) is 1.03. The van der Waals surface area contributed by atoms with E-state index in [0.29, 0.717) is 12.0 Å². The number of benzene rings is 1. The highest BCUT2D eigenvalue weighted by Crippen LogP contribution is 2.39. The molecule has 3 nitrogen and oxygen atoms in total. The van der Waals surface area contributed by atoms with Gasteiger partial charge in [0.1, 0.15) is 0 Å². The van der Waals surface area contributed by atoms with Gasteiger partial charge in [0.15, 0.2) is 0 Å². The van der Waals surface area contributed by atoms with Gasteiger partial charge in [-0.05, 0) is 24.1 Å². The molecule has 2 N–H and O–H groups in total. The van der Waals surface area contributed by atoms with Gasteiger partial charge in [-0.1, -0.05) is 29.3 Å². The van der Waals surface area contributed by atoms with Crippen molar-refractivity contribution in [1.82, 2.24) is 0 Å². The summed E-state index contributed by atoms with van der Waals surface area (Å²) in [4.78, 5) is 17.9. The van der Waals surface area contributed by atoms with E-state index in [-0.39, 0.29) is 15.3 Å². The monoisotopic (exact) mass is 265 g/mol. The van der Waals surface area contributed by atoms with Crippen molar-refractivity contribution in [2.75, 3.05) is 0 Å². The molecule has 81 valence electrons. The minimum absolute atomic E-state index is 0.109. The topological polar surface area (TPSA) is 57.5 Å². The first kappa shape index (κ1) is 12.8. The molecular weight excluding hydrogens is 258 g/mol. The summed E-state index contributed by atoms with van der Waals surface area (Å²) in [6, 6.07) is 3.83. The Labute approximate surface area is 97.5 Å². The molecule has 0 heterocycles. The van der Waals surface area contributed by atoms with Crippen molar-refractivity contribution in [3.63, 3.8) is 0 Å². The third-order valence-electron chi connectivity index (χ3n) is 1.73. The van der Waals surface area contributed by atoms with Gasteiger partial charge in [-0.3, -0.25) is 4.57 Å². The Balaban J connectivity index is 3.33. The highest BCUT2D eigenvalue weighted by Gasteiger charge is 2.23. The van der Waals surface area contributed by atoms with Crippen LogP contribution in [0.4, 0.5) is 0 Å². The summed E-state index contributed by atoms with van der Waals surface area (Å²) in [7, 11) is -4.39. The Morgan fingerprint density at radius 1 is 1.47 bits per heavy atom. The molecule has 0 aromatic heterocycles. The predicted molar refractivity (Wildman–Crippen MR) is 60.9 cm³/mol. The van der Waals surface area contributed by atoms with Crippen molar-refractivity contribution >= 4 is 36.1 Å². The molecule has 0 fully saturated rings. The lowest BCUT2D eigenvalue weighted by Gasteiger charge is -2.09. The van der Waals surface area contributed by atoms with Crippen LogP contribution in [-0.4, -0.2) is 9.79 Å². The molecule has 0 aliphatic heterocycles. The summed E-state index contributed by atoms with van der Waals surface area (Å²) < 4.78 is 11.0. The molecule has 0 saturated heterocycles. The smallest absolute Gasteiger partial charge is 0.321 e. The fraction of sp³-hybridized carbons (Fsp3) is 0.111. The van der Waals surface area contributed by atoms with Gasteiger partial charge in [0.2, 0.25) is 0 Å². The van der Waals surface area contributed by atoms with Crippen molar-refractivity contribution in [1.29, 1.82) is 0 Å². The van der Waals surface area contributed by atoms with Crippen molar-refractivity contribution in [2.24, 2.45) is 0 Å². The lowest BCUT2D eigenvalue weighted by atomic mass is 10.1. The average Bonchev–Trinajstić information content (AvgIpc) is 2.11. The zero-order chi connectivity index (χ0) is 11.6. The Morgan fingerprint density at radius 2 is 2.07 bits per heavy atom. The molecule has 0 aliphatic carbocycles. The van der Waals surface area contributed by atoms with Crippen LogP contribution in [0.15, 0.2) is 18.7 Å². The molecule has 6 heteroatoms. The summed E-state index contributed by atoms with van der Waals surface area (Å²) in [5.41, 5.74) is 0.564. The lowest BCUT2D eigenvalue weighted by Crippen LogP contribution is -2.07. The molecule has 0 amide bonds.